The standard InChI is InChI=1S/C7H12BF3O4/c9-6(8(12)13)7(10,11)15-5-3-1-2-4-14-5/h5-6,12-13H,1-4H2. The Bertz CT molecular complexity index is 199. The molecule has 1 aliphatic heterocycles. The SMILES string of the molecule is OB(O)C(F)C(F)(F)OC1CCCCO1. The molecule has 0 spiro atoms. The fraction of sp³-hybridized carbons (Fsp3) is 1.00. The lowest BCUT2D eigenvalue weighted by atomic mass is 9.83. The van der Waals surface area contributed by atoms with Crippen molar-refractivity contribution in [2.45, 2.75) is 37.7 Å². The quantitative estimate of drug-likeness (QED) is 0.686. The molecule has 0 amide bonds. The van der Waals surface area contributed by atoms with Gasteiger partial charge in [-0.15, -0.1) is 0 Å². The van der Waals surface area contributed by atoms with Crippen LogP contribution >= 0.6 is 0 Å². The Morgan fingerprint density at radius 3 is 2.53 bits per heavy atom. The van der Waals surface area contributed by atoms with E-state index in [1.165, 1.54) is 0 Å². The molecule has 1 heterocycles. The zero-order valence-corrected chi connectivity index (χ0v) is 7.91. The third kappa shape index (κ3) is 3.64. The van der Waals surface area contributed by atoms with Crippen LogP contribution in [0, 0.1) is 0 Å². The maximum absolute atomic E-state index is 12.9. The first-order valence-electron chi connectivity index (χ1n) is 4.61. The molecule has 8 heteroatoms. The van der Waals surface area contributed by atoms with Gasteiger partial charge in [-0.1, -0.05) is 0 Å². The molecule has 88 valence electrons. The summed E-state index contributed by atoms with van der Waals surface area (Å²) in [6.07, 6.45) is -6.99. The molecule has 1 fully saturated rings. The molecule has 1 aliphatic rings. The van der Waals surface area contributed by atoms with Gasteiger partial charge in [-0.05, 0) is 19.3 Å². The first kappa shape index (κ1) is 12.8. The second-order valence-electron chi connectivity index (χ2n) is 3.29. The highest BCUT2D eigenvalue weighted by Gasteiger charge is 2.50. The summed E-state index contributed by atoms with van der Waals surface area (Å²) in [5, 5.41) is 16.5. The zero-order chi connectivity index (χ0) is 11.5. The molecule has 0 bridgehead atoms. The average Bonchev–Trinajstić information content (AvgIpc) is 2.17. The van der Waals surface area contributed by atoms with Gasteiger partial charge in [0, 0.05) is 6.61 Å². The van der Waals surface area contributed by atoms with Crippen LogP contribution in [0.3, 0.4) is 0 Å². The van der Waals surface area contributed by atoms with Crippen molar-refractivity contribution in [3.63, 3.8) is 0 Å². The number of ether oxygens (including phenoxy) is 2. The molecule has 0 aromatic carbocycles. The third-order valence-corrected chi connectivity index (χ3v) is 2.01. The minimum absolute atomic E-state index is 0.240. The second kappa shape index (κ2) is 5.15. The molecule has 0 aromatic rings. The summed E-state index contributed by atoms with van der Waals surface area (Å²) in [5.41, 5.74) is 0. The van der Waals surface area contributed by atoms with Crippen LogP contribution in [0.25, 0.3) is 0 Å². The molecule has 2 unspecified atom stereocenters. The molecular formula is C7H12BF3O4. The van der Waals surface area contributed by atoms with E-state index in [1.54, 1.807) is 0 Å². The van der Waals surface area contributed by atoms with Crippen molar-refractivity contribution in [2.75, 3.05) is 6.61 Å². The van der Waals surface area contributed by atoms with Gasteiger partial charge in [0.1, 0.15) is 0 Å². The van der Waals surface area contributed by atoms with Crippen LogP contribution in [-0.4, -0.2) is 42.2 Å². The van der Waals surface area contributed by atoms with Gasteiger partial charge < -0.3 is 14.8 Å². The number of hydrogen-bond donors (Lipinski definition) is 2. The number of halogens is 3. The molecule has 0 radical (unpaired) electrons. The van der Waals surface area contributed by atoms with Crippen molar-refractivity contribution in [2.24, 2.45) is 0 Å². The van der Waals surface area contributed by atoms with Gasteiger partial charge in [0.05, 0.1) is 0 Å². The molecule has 0 aliphatic carbocycles. The molecule has 2 N–H and O–H groups in total. The first-order chi connectivity index (χ1) is 6.93. The smallest absolute Gasteiger partial charge is 0.425 e. The van der Waals surface area contributed by atoms with Crippen LogP contribution in [-0.2, 0) is 9.47 Å². The van der Waals surface area contributed by atoms with Gasteiger partial charge >= 0.3 is 13.2 Å². The van der Waals surface area contributed by atoms with Crippen LogP contribution in [0.5, 0.6) is 0 Å². The lowest BCUT2D eigenvalue weighted by Crippen LogP contribution is -2.47. The summed E-state index contributed by atoms with van der Waals surface area (Å²) in [4.78, 5) is 0. The first-order valence-corrected chi connectivity index (χ1v) is 4.61. The lowest BCUT2D eigenvalue weighted by Gasteiger charge is -2.28. The van der Waals surface area contributed by atoms with Crippen LogP contribution in [0.4, 0.5) is 13.2 Å². The Hall–Kier alpha value is -0.305. The molecule has 0 aromatic heterocycles. The Morgan fingerprint density at radius 1 is 1.40 bits per heavy atom. The topological polar surface area (TPSA) is 58.9 Å². The van der Waals surface area contributed by atoms with Crippen molar-refractivity contribution >= 4 is 7.12 Å². The van der Waals surface area contributed by atoms with Crippen LogP contribution in [0.1, 0.15) is 19.3 Å². The molecule has 2 atom stereocenters. The summed E-state index contributed by atoms with van der Waals surface area (Å²) in [5.74, 6) is 0. The molecule has 15 heavy (non-hydrogen) atoms. The van der Waals surface area contributed by atoms with Crippen molar-refractivity contribution in [3.05, 3.63) is 0 Å². The number of alkyl halides is 3. The summed E-state index contributed by atoms with van der Waals surface area (Å²) in [6, 6.07) is 0. The van der Waals surface area contributed by atoms with E-state index in [1.807, 2.05) is 0 Å². The summed E-state index contributed by atoms with van der Waals surface area (Å²) >= 11 is 0. The highest BCUT2D eigenvalue weighted by molar-refractivity contribution is 6.43. The molecule has 4 nitrogen and oxygen atoms in total. The van der Waals surface area contributed by atoms with E-state index in [-0.39, 0.29) is 13.0 Å². The Morgan fingerprint density at radius 2 is 2.07 bits per heavy atom. The van der Waals surface area contributed by atoms with Crippen LogP contribution < -0.4 is 0 Å². The average molecular weight is 228 g/mol. The maximum atomic E-state index is 12.9. The molecule has 1 rings (SSSR count). The Labute approximate surface area is 85.1 Å². The predicted molar refractivity (Wildman–Crippen MR) is 44.7 cm³/mol. The van der Waals surface area contributed by atoms with E-state index in [9.17, 15) is 13.2 Å². The minimum atomic E-state index is -4.25. The van der Waals surface area contributed by atoms with Gasteiger partial charge in [0.2, 0.25) is 6.07 Å². The van der Waals surface area contributed by atoms with E-state index in [0.717, 1.165) is 6.42 Å². The van der Waals surface area contributed by atoms with Gasteiger partial charge in [-0.25, -0.2) is 4.39 Å². The Kier molecular flexibility index (Phi) is 4.38. The lowest BCUT2D eigenvalue weighted by molar-refractivity contribution is -0.336. The van der Waals surface area contributed by atoms with Crippen LogP contribution in [0.15, 0.2) is 0 Å². The van der Waals surface area contributed by atoms with E-state index in [2.05, 4.69) is 4.74 Å². The number of rotatable bonds is 4. The molecule has 1 saturated heterocycles. The van der Waals surface area contributed by atoms with Gasteiger partial charge in [-0.3, -0.25) is 4.74 Å². The van der Waals surface area contributed by atoms with Crippen molar-refractivity contribution in [3.8, 4) is 0 Å². The Balaban J connectivity index is 2.46. The number of hydrogen-bond acceptors (Lipinski definition) is 4. The van der Waals surface area contributed by atoms with E-state index in [4.69, 9.17) is 14.8 Å². The second-order valence-corrected chi connectivity index (χ2v) is 3.29. The van der Waals surface area contributed by atoms with Crippen molar-refractivity contribution < 1.29 is 32.7 Å². The van der Waals surface area contributed by atoms with Crippen LogP contribution in [0.2, 0.25) is 0 Å². The van der Waals surface area contributed by atoms with Crippen molar-refractivity contribution in [1.82, 2.24) is 0 Å². The fourth-order valence-corrected chi connectivity index (χ4v) is 1.22. The summed E-state index contributed by atoms with van der Waals surface area (Å²) < 4.78 is 47.2. The summed E-state index contributed by atoms with van der Waals surface area (Å²) in [6.45, 7) is 0.277. The van der Waals surface area contributed by atoms with E-state index >= 15 is 0 Å². The molecule has 0 saturated carbocycles. The monoisotopic (exact) mass is 228 g/mol. The fourth-order valence-electron chi connectivity index (χ4n) is 1.22. The minimum Gasteiger partial charge on any atom is -0.425 e. The largest absolute Gasteiger partial charge is 0.497 e. The van der Waals surface area contributed by atoms with Gasteiger partial charge in [0.25, 0.3) is 0 Å². The zero-order valence-electron chi connectivity index (χ0n) is 7.91. The highest BCUT2D eigenvalue weighted by Crippen LogP contribution is 2.28. The van der Waals surface area contributed by atoms with Crippen molar-refractivity contribution in [1.29, 1.82) is 0 Å². The highest BCUT2D eigenvalue weighted by atomic mass is 19.3. The van der Waals surface area contributed by atoms with Gasteiger partial charge in [-0.2, -0.15) is 8.78 Å². The molecular weight excluding hydrogens is 216 g/mol. The van der Waals surface area contributed by atoms with E-state index in [0.29, 0.717) is 6.42 Å². The van der Waals surface area contributed by atoms with Gasteiger partial charge in [0.15, 0.2) is 6.29 Å². The maximum Gasteiger partial charge on any atom is 0.497 e. The van der Waals surface area contributed by atoms with E-state index < -0.39 is 25.6 Å². The predicted octanol–water partition coefficient (Wildman–Crippen LogP) is 0.473. The third-order valence-electron chi connectivity index (χ3n) is 2.01. The normalized spacial score (nSPS) is 25.0. The summed E-state index contributed by atoms with van der Waals surface area (Å²) in [7, 11) is -2.77.